The van der Waals surface area contributed by atoms with Crippen molar-refractivity contribution in [3.8, 4) is 5.75 Å². The Hall–Kier alpha value is -1.86. The lowest BCUT2D eigenvalue weighted by Gasteiger charge is -2.35. The van der Waals surface area contributed by atoms with Gasteiger partial charge in [0.1, 0.15) is 12.4 Å². The first-order valence-electron chi connectivity index (χ1n) is 8.72. The molecule has 1 aromatic carbocycles. The topological polar surface area (TPSA) is 66.5 Å². The Morgan fingerprint density at radius 2 is 2.26 bits per heavy atom. The summed E-state index contributed by atoms with van der Waals surface area (Å²) in [4.78, 5) is 18.7. The molecule has 1 amide bonds. The number of ether oxygens (including phenoxy) is 1. The highest BCUT2D eigenvalue weighted by molar-refractivity contribution is 6.30. The third-order valence-electron chi connectivity index (χ3n) is 4.26. The zero-order valence-electron chi connectivity index (χ0n) is 14.9. The largest absolute Gasteiger partial charge is 0.492 e. The van der Waals surface area contributed by atoms with E-state index in [0.717, 1.165) is 25.2 Å². The number of amides is 1. The smallest absolute Gasteiger partial charge is 0.234 e. The van der Waals surface area contributed by atoms with E-state index in [0.29, 0.717) is 30.5 Å². The molecule has 2 heterocycles. The number of carbonyl (C=O) groups is 1. The molecular formula is C19H24Cl2N4O2. The molecule has 0 aliphatic carbocycles. The lowest BCUT2D eigenvalue weighted by atomic mass is 10.1. The summed E-state index contributed by atoms with van der Waals surface area (Å²) in [5, 5.41) is 6.92. The number of pyridine rings is 1. The maximum Gasteiger partial charge on any atom is 0.234 e. The van der Waals surface area contributed by atoms with Gasteiger partial charge in [-0.15, -0.1) is 12.4 Å². The van der Waals surface area contributed by atoms with Crippen molar-refractivity contribution in [3.63, 3.8) is 0 Å². The molecule has 1 saturated heterocycles. The molecule has 1 atom stereocenters. The predicted molar refractivity (Wildman–Crippen MR) is 109 cm³/mol. The average Bonchev–Trinajstić information content (AvgIpc) is 2.66. The summed E-state index contributed by atoms with van der Waals surface area (Å²) in [7, 11) is 0. The Labute approximate surface area is 170 Å². The Kier molecular flexibility index (Phi) is 8.81. The maximum absolute atomic E-state index is 12.3. The molecule has 0 saturated carbocycles. The summed E-state index contributed by atoms with van der Waals surface area (Å²) >= 11 is 5.92. The molecule has 3 rings (SSSR count). The zero-order chi connectivity index (χ0) is 18.2. The van der Waals surface area contributed by atoms with Crippen LogP contribution in [0.4, 0.5) is 0 Å². The molecule has 1 aliphatic heterocycles. The van der Waals surface area contributed by atoms with E-state index in [-0.39, 0.29) is 24.4 Å². The van der Waals surface area contributed by atoms with Crippen molar-refractivity contribution >= 4 is 29.9 Å². The second-order valence-corrected chi connectivity index (χ2v) is 6.57. The molecule has 1 aliphatic rings. The molecule has 2 N–H and O–H groups in total. The van der Waals surface area contributed by atoms with E-state index in [1.165, 1.54) is 0 Å². The number of nitrogens with zero attached hydrogens (tertiary/aromatic N) is 2. The number of hydrogen-bond acceptors (Lipinski definition) is 5. The van der Waals surface area contributed by atoms with Crippen LogP contribution in [0.3, 0.4) is 0 Å². The Balaban J connectivity index is 0.00000261. The van der Waals surface area contributed by atoms with Crippen molar-refractivity contribution in [2.75, 3.05) is 39.3 Å². The normalized spacial score (nSPS) is 17.0. The summed E-state index contributed by atoms with van der Waals surface area (Å²) in [5.41, 5.74) is 1.12. The summed E-state index contributed by atoms with van der Waals surface area (Å²) in [6, 6.07) is 11.4. The Morgan fingerprint density at radius 1 is 1.37 bits per heavy atom. The van der Waals surface area contributed by atoms with Gasteiger partial charge in [0, 0.05) is 43.1 Å². The summed E-state index contributed by atoms with van der Waals surface area (Å²) in [6.07, 6.45) is 3.62. The summed E-state index contributed by atoms with van der Waals surface area (Å²) < 4.78 is 5.59. The number of rotatable bonds is 7. The van der Waals surface area contributed by atoms with Crippen LogP contribution in [-0.2, 0) is 4.79 Å². The van der Waals surface area contributed by atoms with Gasteiger partial charge in [0.2, 0.25) is 5.91 Å². The van der Waals surface area contributed by atoms with Crippen LogP contribution in [0.5, 0.6) is 5.75 Å². The van der Waals surface area contributed by atoms with Gasteiger partial charge in [-0.1, -0.05) is 23.7 Å². The Bertz CT molecular complexity index is 718. The lowest BCUT2D eigenvalue weighted by molar-refractivity contribution is -0.123. The quantitative estimate of drug-likeness (QED) is 0.685. The first-order valence-corrected chi connectivity index (χ1v) is 9.10. The molecule has 0 bridgehead atoms. The van der Waals surface area contributed by atoms with Crippen LogP contribution in [0.1, 0.15) is 11.6 Å². The second kappa shape index (κ2) is 11.1. The highest BCUT2D eigenvalue weighted by Gasteiger charge is 2.25. The van der Waals surface area contributed by atoms with Crippen molar-refractivity contribution in [2.45, 2.75) is 6.04 Å². The van der Waals surface area contributed by atoms with Gasteiger partial charge < -0.3 is 15.4 Å². The first-order chi connectivity index (χ1) is 12.7. The van der Waals surface area contributed by atoms with Crippen molar-refractivity contribution < 1.29 is 9.53 Å². The molecule has 6 nitrogen and oxygen atoms in total. The number of hydrogen-bond donors (Lipinski definition) is 2. The fourth-order valence-electron chi connectivity index (χ4n) is 2.99. The molecule has 8 heteroatoms. The molecule has 1 unspecified atom stereocenters. The predicted octanol–water partition coefficient (Wildman–Crippen LogP) is 2.30. The van der Waals surface area contributed by atoms with Gasteiger partial charge in [-0.2, -0.15) is 0 Å². The van der Waals surface area contributed by atoms with Crippen LogP contribution in [0.15, 0.2) is 48.8 Å². The zero-order valence-corrected chi connectivity index (χ0v) is 16.5. The fraction of sp³-hybridized carbons (Fsp3) is 0.368. The highest BCUT2D eigenvalue weighted by atomic mass is 35.5. The number of benzene rings is 1. The Morgan fingerprint density at radius 3 is 3.04 bits per heavy atom. The van der Waals surface area contributed by atoms with Crippen LogP contribution in [0.25, 0.3) is 0 Å². The van der Waals surface area contributed by atoms with E-state index < -0.39 is 0 Å². The van der Waals surface area contributed by atoms with E-state index in [1.54, 1.807) is 18.3 Å². The minimum atomic E-state index is -0.00418. The third-order valence-corrected chi connectivity index (χ3v) is 4.49. The van der Waals surface area contributed by atoms with Gasteiger partial charge in [-0.25, -0.2) is 0 Å². The summed E-state index contributed by atoms with van der Waals surface area (Å²) in [5.74, 6) is 0.695. The van der Waals surface area contributed by atoms with Crippen LogP contribution < -0.4 is 15.4 Å². The summed E-state index contributed by atoms with van der Waals surface area (Å²) in [6.45, 7) is 3.73. The fourth-order valence-corrected chi connectivity index (χ4v) is 3.17. The van der Waals surface area contributed by atoms with Gasteiger partial charge in [0.15, 0.2) is 0 Å². The minimum Gasteiger partial charge on any atom is -0.492 e. The number of aromatic nitrogens is 1. The van der Waals surface area contributed by atoms with E-state index in [2.05, 4.69) is 26.6 Å². The van der Waals surface area contributed by atoms with Gasteiger partial charge >= 0.3 is 0 Å². The van der Waals surface area contributed by atoms with Gasteiger partial charge in [0.05, 0.1) is 13.1 Å². The van der Waals surface area contributed by atoms with Crippen LogP contribution >= 0.6 is 24.0 Å². The van der Waals surface area contributed by atoms with Gasteiger partial charge in [-0.05, 0) is 29.8 Å². The van der Waals surface area contributed by atoms with E-state index in [9.17, 15) is 4.79 Å². The molecule has 1 fully saturated rings. The van der Waals surface area contributed by atoms with E-state index in [1.807, 2.05) is 24.4 Å². The lowest BCUT2D eigenvalue weighted by Crippen LogP contribution is -2.49. The first kappa shape index (κ1) is 21.4. The number of piperazine rings is 1. The van der Waals surface area contributed by atoms with Crippen LogP contribution in [0.2, 0.25) is 5.02 Å². The molecular weight excluding hydrogens is 387 g/mol. The molecule has 0 radical (unpaired) electrons. The average molecular weight is 411 g/mol. The SMILES string of the molecule is Cl.O=C(CN1CCNCC1c1cccnc1)NCCOc1cccc(Cl)c1. The number of carbonyl (C=O) groups excluding carboxylic acids is 1. The number of nitrogens with one attached hydrogen (secondary N) is 2. The highest BCUT2D eigenvalue weighted by Crippen LogP contribution is 2.20. The van der Waals surface area contributed by atoms with Crippen LogP contribution in [-0.4, -0.2) is 55.1 Å². The molecule has 27 heavy (non-hydrogen) atoms. The van der Waals surface area contributed by atoms with Crippen molar-refractivity contribution in [3.05, 3.63) is 59.4 Å². The minimum absolute atomic E-state index is 0. The van der Waals surface area contributed by atoms with Crippen molar-refractivity contribution in [1.82, 2.24) is 20.5 Å². The molecule has 0 spiro atoms. The number of halogens is 2. The molecule has 1 aromatic heterocycles. The van der Waals surface area contributed by atoms with Crippen molar-refractivity contribution in [2.24, 2.45) is 0 Å². The second-order valence-electron chi connectivity index (χ2n) is 6.13. The third kappa shape index (κ3) is 6.66. The maximum atomic E-state index is 12.3. The van der Waals surface area contributed by atoms with Crippen molar-refractivity contribution in [1.29, 1.82) is 0 Å². The van der Waals surface area contributed by atoms with Gasteiger partial charge in [0.25, 0.3) is 0 Å². The van der Waals surface area contributed by atoms with E-state index in [4.69, 9.17) is 16.3 Å². The molecule has 146 valence electrons. The standard InChI is InChI=1S/C19H23ClN4O2.ClH/c20-16-4-1-5-17(11-16)26-10-8-23-19(25)14-24-9-7-22-13-18(24)15-3-2-6-21-12-15;/h1-6,11-12,18,22H,7-10,13-14H2,(H,23,25);1H. The monoisotopic (exact) mass is 410 g/mol. The molecule has 2 aromatic rings. The van der Waals surface area contributed by atoms with Gasteiger partial charge in [-0.3, -0.25) is 14.7 Å². The van der Waals surface area contributed by atoms with Crippen LogP contribution in [0, 0.1) is 0 Å². The van der Waals surface area contributed by atoms with E-state index >= 15 is 0 Å².